The van der Waals surface area contributed by atoms with Gasteiger partial charge in [-0.3, -0.25) is 0 Å². The first kappa shape index (κ1) is 13.2. The molecule has 0 heterocycles. The quantitative estimate of drug-likeness (QED) is 0.691. The minimum absolute atomic E-state index is 0.120. The topological polar surface area (TPSA) is 93.4 Å². The number of nitrogens with zero attached hydrogens (tertiary/aromatic N) is 2. The Balaban J connectivity index is 4.50. The molecule has 84 valence electrons. The average molecular weight is 213 g/mol. The van der Waals surface area contributed by atoms with E-state index in [1.807, 2.05) is 6.07 Å². The number of carboxylic acid groups (broad SMARTS) is 1. The molecule has 0 fully saturated rings. The molecule has 15 heavy (non-hydrogen) atoms. The van der Waals surface area contributed by atoms with E-state index in [1.165, 1.54) is 6.92 Å². The molecule has 0 spiro atoms. The van der Waals surface area contributed by atoms with E-state index in [4.69, 9.17) is 10.4 Å². The second-order valence-corrected chi connectivity index (χ2v) is 2.95. The van der Waals surface area contributed by atoms with Crippen molar-refractivity contribution >= 4 is 12.0 Å². The highest BCUT2D eigenvalue weighted by Gasteiger charge is 2.24. The summed E-state index contributed by atoms with van der Waals surface area (Å²) in [5, 5.41) is 19.7. The summed E-state index contributed by atoms with van der Waals surface area (Å²) in [4.78, 5) is 23.3. The van der Waals surface area contributed by atoms with Crippen LogP contribution in [0.1, 0.15) is 20.3 Å². The Labute approximate surface area is 88.5 Å². The highest BCUT2D eigenvalue weighted by atomic mass is 16.4. The van der Waals surface area contributed by atoms with Crippen molar-refractivity contribution in [3.8, 4) is 6.07 Å². The molecule has 0 rings (SSSR count). The van der Waals surface area contributed by atoms with Crippen molar-refractivity contribution in [2.24, 2.45) is 0 Å². The molecular formula is C9H15N3O3. The Morgan fingerprint density at radius 3 is 2.60 bits per heavy atom. The number of carboxylic acids is 1. The van der Waals surface area contributed by atoms with Crippen molar-refractivity contribution in [2.45, 2.75) is 26.3 Å². The van der Waals surface area contributed by atoms with Crippen LogP contribution in [0.3, 0.4) is 0 Å². The van der Waals surface area contributed by atoms with Gasteiger partial charge in [-0.15, -0.1) is 0 Å². The summed E-state index contributed by atoms with van der Waals surface area (Å²) < 4.78 is 0. The van der Waals surface area contributed by atoms with Crippen LogP contribution < -0.4 is 5.32 Å². The number of aliphatic carboxylic acids is 1. The van der Waals surface area contributed by atoms with Gasteiger partial charge in [-0.2, -0.15) is 5.26 Å². The number of amides is 2. The van der Waals surface area contributed by atoms with Crippen LogP contribution in [0.2, 0.25) is 0 Å². The molecule has 0 radical (unpaired) electrons. The first-order chi connectivity index (χ1) is 7.04. The van der Waals surface area contributed by atoms with Gasteiger partial charge >= 0.3 is 12.0 Å². The molecular weight excluding hydrogens is 198 g/mol. The van der Waals surface area contributed by atoms with Gasteiger partial charge in [0.1, 0.15) is 6.04 Å². The Kier molecular flexibility index (Phi) is 5.86. The van der Waals surface area contributed by atoms with Crippen LogP contribution in [0.25, 0.3) is 0 Å². The standard InChI is InChI=1S/C9H15N3O3/c1-3-11-9(15)12(6-4-5-10)7(2)8(13)14/h7H,3-4,6H2,1-2H3,(H,11,15)(H,13,14). The van der Waals surface area contributed by atoms with Gasteiger partial charge in [0.25, 0.3) is 0 Å². The largest absolute Gasteiger partial charge is 0.480 e. The zero-order valence-electron chi connectivity index (χ0n) is 8.86. The Morgan fingerprint density at radius 2 is 2.20 bits per heavy atom. The van der Waals surface area contributed by atoms with Crippen LogP contribution in [0.4, 0.5) is 4.79 Å². The van der Waals surface area contributed by atoms with Crippen molar-refractivity contribution in [3.63, 3.8) is 0 Å². The summed E-state index contributed by atoms with van der Waals surface area (Å²) in [6.07, 6.45) is 0.120. The smallest absolute Gasteiger partial charge is 0.326 e. The van der Waals surface area contributed by atoms with Crippen molar-refractivity contribution in [3.05, 3.63) is 0 Å². The lowest BCUT2D eigenvalue weighted by Gasteiger charge is -2.25. The summed E-state index contributed by atoms with van der Waals surface area (Å²) >= 11 is 0. The summed E-state index contributed by atoms with van der Waals surface area (Å²) in [5.41, 5.74) is 0. The van der Waals surface area contributed by atoms with Crippen molar-refractivity contribution in [1.29, 1.82) is 5.26 Å². The van der Waals surface area contributed by atoms with E-state index in [1.54, 1.807) is 6.92 Å². The maximum absolute atomic E-state index is 11.4. The van der Waals surface area contributed by atoms with E-state index in [-0.39, 0.29) is 13.0 Å². The normalized spacial score (nSPS) is 11.3. The maximum atomic E-state index is 11.4. The van der Waals surface area contributed by atoms with Gasteiger partial charge in [0.2, 0.25) is 0 Å². The molecule has 6 nitrogen and oxygen atoms in total. The Hall–Kier alpha value is -1.77. The fourth-order valence-electron chi connectivity index (χ4n) is 1.03. The summed E-state index contributed by atoms with van der Waals surface area (Å²) in [6.45, 7) is 3.70. The van der Waals surface area contributed by atoms with Crippen LogP contribution in [-0.2, 0) is 4.79 Å². The summed E-state index contributed by atoms with van der Waals surface area (Å²) in [6, 6.07) is 0.492. The van der Waals surface area contributed by atoms with Crippen LogP contribution in [0.15, 0.2) is 0 Å². The number of urea groups is 1. The molecule has 2 amide bonds. The highest BCUT2D eigenvalue weighted by Crippen LogP contribution is 2.01. The molecule has 0 aromatic heterocycles. The lowest BCUT2D eigenvalue weighted by Crippen LogP contribution is -2.48. The minimum atomic E-state index is -1.08. The van der Waals surface area contributed by atoms with E-state index in [2.05, 4.69) is 5.32 Å². The van der Waals surface area contributed by atoms with Gasteiger partial charge in [-0.1, -0.05) is 0 Å². The van der Waals surface area contributed by atoms with Crippen molar-refractivity contribution in [1.82, 2.24) is 10.2 Å². The van der Waals surface area contributed by atoms with Crippen LogP contribution in [0, 0.1) is 11.3 Å². The van der Waals surface area contributed by atoms with Gasteiger partial charge < -0.3 is 15.3 Å². The molecule has 0 saturated heterocycles. The molecule has 0 aromatic rings. The lowest BCUT2D eigenvalue weighted by molar-refractivity contribution is -0.141. The third-order valence-electron chi connectivity index (χ3n) is 1.88. The molecule has 1 unspecified atom stereocenters. The molecule has 1 atom stereocenters. The zero-order valence-corrected chi connectivity index (χ0v) is 8.86. The van der Waals surface area contributed by atoms with E-state index in [0.29, 0.717) is 6.54 Å². The second kappa shape index (κ2) is 6.65. The summed E-state index contributed by atoms with van der Waals surface area (Å²) in [5.74, 6) is -1.08. The SMILES string of the molecule is CCNC(=O)N(CCC#N)C(C)C(=O)O. The second-order valence-electron chi connectivity index (χ2n) is 2.95. The molecule has 0 aromatic carbocycles. The lowest BCUT2D eigenvalue weighted by atomic mass is 10.3. The Bertz CT molecular complexity index is 272. The molecule has 0 aliphatic heterocycles. The molecule has 0 aliphatic carbocycles. The maximum Gasteiger partial charge on any atom is 0.326 e. The molecule has 2 N–H and O–H groups in total. The fraction of sp³-hybridized carbons (Fsp3) is 0.667. The van der Waals surface area contributed by atoms with Crippen LogP contribution >= 0.6 is 0 Å². The fourth-order valence-corrected chi connectivity index (χ4v) is 1.03. The first-order valence-corrected chi connectivity index (χ1v) is 4.68. The van der Waals surface area contributed by atoms with Crippen molar-refractivity contribution < 1.29 is 14.7 Å². The third kappa shape index (κ3) is 4.31. The number of carbonyl (C=O) groups is 2. The highest BCUT2D eigenvalue weighted by molar-refractivity contribution is 5.82. The van der Waals surface area contributed by atoms with Crippen LogP contribution in [-0.4, -0.2) is 41.1 Å². The zero-order chi connectivity index (χ0) is 11.8. The van der Waals surface area contributed by atoms with Gasteiger partial charge in [-0.25, -0.2) is 9.59 Å². The summed E-state index contributed by atoms with van der Waals surface area (Å²) in [7, 11) is 0. The van der Waals surface area contributed by atoms with Crippen LogP contribution in [0.5, 0.6) is 0 Å². The predicted octanol–water partition coefficient (Wildman–Crippen LogP) is 0.405. The Morgan fingerprint density at radius 1 is 1.60 bits per heavy atom. The molecule has 0 aliphatic rings. The third-order valence-corrected chi connectivity index (χ3v) is 1.88. The number of hydrogen-bond acceptors (Lipinski definition) is 3. The molecule has 6 heteroatoms. The van der Waals surface area contributed by atoms with E-state index in [9.17, 15) is 9.59 Å². The van der Waals surface area contributed by atoms with E-state index < -0.39 is 18.0 Å². The molecule has 0 saturated carbocycles. The monoisotopic (exact) mass is 213 g/mol. The number of rotatable bonds is 5. The van der Waals surface area contributed by atoms with Gasteiger partial charge in [0.15, 0.2) is 0 Å². The number of hydrogen-bond donors (Lipinski definition) is 2. The van der Waals surface area contributed by atoms with E-state index >= 15 is 0 Å². The number of nitriles is 1. The van der Waals surface area contributed by atoms with Gasteiger partial charge in [-0.05, 0) is 13.8 Å². The molecule has 0 bridgehead atoms. The van der Waals surface area contributed by atoms with Gasteiger partial charge in [0, 0.05) is 13.1 Å². The average Bonchev–Trinajstić information content (AvgIpc) is 2.18. The first-order valence-electron chi connectivity index (χ1n) is 4.68. The number of carbonyl (C=O) groups excluding carboxylic acids is 1. The predicted molar refractivity (Wildman–Crippen MR) is 53.1 cm³/mol. The minimum Gasteiger partial charge on any atom is -0.480 e. The number of nitrogens with one attached hydrogen (secondary N) is 1. The van der Waals surface area contributed by atoms with E-state index in [0.717, 1.165) is 4.90 Å². The van der Waals surface area contributed by atoms with Crippen molar-refractivity contribution in [2.75, 3.05) is 13.1 Å². The van der Waals surface area contributed by atoms with Gasteiger partial charge in [0.05, 0.1) is 12.5 Å².